The summed E-state index contributed by atoms with van der Waals surface area (Å²) in [6, 6.07) is 15.3. The van der Waals surface area contributed by atoms with Crippen LogP contribution in [0.5, 0.6) is 5.75 Å². The van der Waals surface area contributed by atoms with Crippen LogP contribution in [-0.4, -0.2) is 14.9 Å². The molecule has 0 amide bonds. The maximum Gasteiger partial charge on any atom is 0.270 e. The molecule has 0 radical (unpaired) electrons. The Bertz CT molecular complexity index is 796. The van der Waals surface area contributed by atoms with Gasteiger partial charge in [-0.1, -0.05) is 28.9 Å². The maximum atomic E-state index is 9.91. The average Bonchev–Trinajstić information content (AvgIpc) is 2.99. The highest BCUT2D eigenvalue weighted by Crippen LogP contribution is 2.17. The summed E-state index contributed by atoms with van der Waals surface area (Å²) in [5.74, 6) is 0.239. The van der Waals surface area contributed by atoms with Crippen LogP contribution < -0.4 is 23.2 Å². The molecule has 0 saturated carbocycles. The van der Waals surface area contributed by atoms with E-state index in [4.69, 9.17) is 18.6 Å². The first-order valence-corrected chi connectivity index (χ1v) is 7.90. The molecule has 0 aliphatic carbocycles. The van der Waals surface area contributed by atoms with E-state index in [2.05, 4.69) is 5.10 Å². The molecule has 3 aromatic rings. The second-order valence-corrected chi connectivity index (χ2v) is 5.56. The monoisotopic (exact) mass is 351 g/mol. The Morgan fingerprint density at radius 2 is 1.67 bits per heavy atom. The van der Waals surface area contributed by atoms with Crippen LogP contribution in [0.25, 0.3) is 11.4 Å². The normalized spacial score (nSPS) is 10.9. The zero-order chi connectivity index (χ0) is 17.7. The van der Waals surface area contributed by atoms with E-state index in [1.807, 2.05) is 55.7 Å². The third kappa shape index (κ3) is 5.30. The standard InChI is InChI=1S/C15H13N3O.ClHO4/c1-12-7-8-15(19)14(9-12)17-10-16-18(11-17)13-5-3-2-4-6-13;2-1(3,4)5/h2-11H,1H3;(H,2,3,4,5). The van der Waals surface area contributed by atoms with Crippen molar-refractivity contribution in [3.05, 3.63) is 66.7 Å². The van der Waals surface area contributed by atoms with Gasteiger partial charge in [0.05, 0.1) is 0 Å². The molecule has 126 valence electrons. The Labute approximate surface area is 139 Å². The summed E-state index contributed by atoms with van der Waals surface area (Å²) < 4.78 is 37.5. The molecule has 24 heavy (non-hydrogen) atoms. The number of aromatic hydroxyl groups is 1. The highest BCUT2D eigenvalue weighted by atomic mass is 35.7. The number of rotatable bonds is 2. The third-order valence-corrected chi connectivity index (χ3v) is 2.96. The van der Waals surface area contributed by atoms with Gasteiger partial charge in [-0.2, -0.15) is 4.57 Å². The van der Waals surface area contributed by atoms with Gasteiger partial charge >= 0.3 is 0 Å². The topological polar surface area (TPSA) is 134 Å². The fourth-order valence-corrected chi connectivity index (χ4v) is 1.97. The number of hydrogen-bond donors (Lipinski definition) is 1. The summed E-state index contributed by atoms with van der Waals surface area (Å²) in [6.07, 6.45) is 3.52. The summed E-state index contributed by atoms with van der Waals surface area (Å²) >= 11 is 0. The zero-order valence-corrected chi connectivity index (χ0v) is 13.3. The third-order valence-electron chi connectivity index (χ3n) is 2.96. The lowest BCUT2D eigenvalue weighted by atomic mass is 10.2. The van der Waals surface area contributed by atoms with Crippen molar-refractivity contribution in [3.63, 3.8) is 0 Å². The number of halogens is 1. The molecule has 8 nitrogen and oxygen atoms in total. The lowest BCUT2D eigenvalue weighted by Gasteiger charge is -2.17. The summed E-state index contributed by atoms with van der Waals surface area (Å²) in [5, 5.41) is 14.2. The predicted octanol–water partition coefficient (Wildman–Crippen LogP) is -2.59. The molecule has 2 aromatic carbocycles. The van der Waals surface area contributed by atoms with Gasteiger partial charge in [0.15, 0.2) is 5.75 Å². The van der Waals surface area contributed by atoms with Gasteiger partial charge in [-0.3, -0.25) is 0 Å². The second kappa shape index (κ2) is 7.39. The Kier molecular flexibility index (Phi) is 5.50. The largest absolute Gasteiger partial charge is 0.504 e. The minimum absolute atomic E-state index is 0.239. The molecule has 0 saturated heterocycles. The van der Waals surface area contributed by atoms with Crippen LogP contribution >= 0.6 is 0 Å². The van der Waals surface area contributed by atoms with Gasteiger partial charge < -0.3 is 5.11 Å². The van der Waals surface area contributed by atoms with Crippen molar-refractivity contribution in [1.29, 1.82) is 0 Å². The number of phenolic OH excluding ortho intramolecular Hbond substituents is 1. The fourth-order valence-electron chi connectivity index (χ4n) is 1.97. The maximum absolute atomic E-state index is 9.91. The molecule has 0 aliphatic rings. The van der Waals surface area contributed by atoms with Crippen LogP contribution in [-0.2, 0) is 0 Å². The lowest BCUT2D eigenvalue weighted by Crippen LogP contribution is -2.68. The number of phenols is 1. The molecule has 0 unspecified atom stereocenters. The molecule has 1 aromatic heterocycles. The molecule has 1 N–H and O–H groups in total. The van der Waals surface area contributed by atoms with E-state index in [9.17, 15) is 5.11 Å². The Balaban J connectivity index is 0.000000368. The van der Waals surface area contributed by atoms with Crippen LogP contribution in [0.3, 0.4) is 0 Å². The number of aromatic nitrogens is 3. The van der Waals surface area contributed by atoms with E-state index in [0.29, 0.717) is 0 Å². The van der Waals surface area contributed by atoms with Crippen LogP contribution in [0, 0.1) is 17.2 Å². The van der Waals surface area contributed by atoms with Crippen LogP contribution in [0.1, 0.15) is 5.56 Å². The first-order valence-electron chi connectivity index (χ1n) is 6.67. The van der Waals surface area contributed by atoms with Crippen molar-refractivity contribution in [2.75, 3.05) is 0 Å². The first-order chi connectivity index (χ1) is 11.2. The van der Waals surface area contributed by atoms with Crippen LogP contribution in [0.2, 0.25) is 0 Å². The number of benzene rings is 2. The molecular weight excluding hydrogens is 338 g/mol. The van der Waals surface area contributed by atoms with Gasteiger partial charge in [-0.15, -0.1) is 10.2 Å². The van der Waals surface area contributed by atoms with Crippen molar-refractivity contribution < 1.29 is 38.6 Å². The molecule has 0 bridgehead atoms. The Morgan fingerprint density at radius 3 is 2.29 bits per heavy atom. The van der Waals surface area contributed by atoms with Gasteiger partial charge in [0.25, 0.3) is 6.33 Å². The van der Waals surface area contributed by atoms with Crippen molar-refractivity contribution in [2.45, 2.75) is 6.92 Å². The molecule has 0 fully saturated rings. The van der Waals surface area contributed by atoms with E-state index in [1.165, 1.54) is 0 Å². The SMILES string of the molecule is Cc1ccc(O)c(-[n+]2cnn(-c3ccccc3)c2)c1.[O-][Cl+3]([O-])([O-])[O-]. The van der Waals surface area contributed by atoms with E-state index in [0.717, 1.165) is 16.9 Å². The van der Waals surface area contributed by atoms with Gasteiger partial charge in [-0.05, 0) is 36.8 Å². The Hall–Kier alpha value is -2.49. The van der Waals surface area contributed by atoms with Crippen molar-refractivity contribution in [3.8, 4) is 17.1 Å². The molecule has 0 aliphatic heterocycles. The smallest absolute Gasteiger partial charge is 0.270 e. The van der Waals surface area contributed by atoms with E-state index < -0.39 is 10.2 Å². The highest BCUT2D eigenvalue weighted by Gasteiger charge is 2.13. The van der Waals surface area contributed by atoms with Crippen LogP contribution in [0.15, 0.2) is 61.2 Å². The summed E-state index contributed by atoms with van der Waals surface area (Å²) in [5.41, 5.74) is 2.79. The van der Waals surface area contributed by atoms with Gasteiger partial charge in [-0.25, -0.2) is 18.6 Å². The lowest BCUT2D eigenvalue weighted by molar-refractivity contribution is -2.00. The summed E-state index contributed by atoms with van der Waals surface area (Å²) in [4.78, 5) is 0. The Morgan fingerprint density at radius 1 is 1.04 bits per heavy atom. The second-order valence-electron chi connectivity index (χ2n) is 4.80. The molecule has 1 heterocycles. The highest BCUT2D eigenvalue weighted by molar-refractivity contribution is 5.41. The minimum Gasteiger partial charge on any atom is -0.504 e. The number of hydrogen-bond acceptors (Lipinski definition) is 6. The average molecular weight is 352 g/mol. The van der Waals surface area contributed by atoms with Crippen molar-refractivity contribution in [1.82, 2.24) is 9.78 Å². The van der Waals surface area contributed by atoms with Crippen molar-refractivity contribution in [2.24, 2.45) is 0 Å². The zero-order valence-electron chi connectivity index (χ0n) is 12.6. The van der Waals surface area contributed by atoms with E-state index in [1.54, 1.807) is 21.6 Å². The van der Waals surface area contributed by atoms with Gasteiger partial charge in [0.2, 0.25) is 6.33 Å². The van der Waals surface area contributed by atoms with Gasteiger partial charge in [0, 0.05) is 5.10 Å². The van der Waals surface area contributed by atoms with Gasteiger partial charge in [0.1, 0.15) is 11.4 Å². The fraction of sp³-hybridized carbons (Fsp3) is 0.0667. The first kappa shape index (κ1) is 17.9. The quantitative estimate of drug-likeness (QED) is 0.503. The summed E-state index contributed by atoms with van der Waals surface area (Å²) in [7, 11) is -4.94. The predicted molar refractivity (Wildman–Crippen MR) is 71.5 cm³/mol. The summed E-state index contributed by atoms with van der Waals surface area (Å²) in [6.45, 7) is 1.99. The number of aryl methyl sites for hydroxylation is 1. The van der Waals surface area contributed by atoms with E-state index >= 15 is 0 Å². The van der Waals surface area contributed by atoms with E-state index in [-0.39, 0.29) is 5.75 Å². The molecule has 3 rings (SSSR count). The molecule has 0 atom stereocenters. The van der Waals surface area contributed by atoms with Crippen LogP contribution in [0.4, 0.5) is 0 Å². The molecule has 9 heteroatoms. The number of para-hydroxylation sites is 1. The molecule has 0 spiro atoms. The molecular formula is C15H14ClN3O5. The van der Waals surface area contributed by atoms with Crippen molar-refractivity contribution >= 4 is 0 Å². The number of nitrogens with zero attached hydrogens (tertiary/aromatic N) is 3. The minimum atomic E-state index is -4.94.